The summed E-state index contributed by atoms with van der Waals surface area (Å²) in [6, 6.07) is 1.65. The molecule has 6 nitrogen and oxygen atoms in total. The second-order valence-electron chi connectivity index (χ2n) is 6.67. The van der Waals surface area contributed by atoms with E-state index in [1.165, 1.54) is 18.3 Å². The van der Waals surface area contributed by atoms with E-state index in [1.54, 1.807) is 17.5 Å². The summed E-state index contributed by atoms with van der Waals surface area (Å²) in [5.74, 6) is -1.92. The van der Waals surface area contributed by atoms with E-state index >= 15 is 0 Å². The number of thiophene rings is 1. The van der Waals surface area contributed by atoms with Crippen molar-refractivity contribution in [2.24, 2.45) is 5.41 Å². The van der Waals surface area contributed by atoms with Crippen LogP contribution >= 0.6 is 11.3 Å². The highest BCUT2D eigenvalue weighted by molar-refractivity contribution is 7.12. The first-order valence-electron chi connectivity index (χ1n) is 7.47. The van der Waals surface area contributed by atoms with Crippen LogP contribution in [-0.2, 0) is 9.59 Å². The Kier molecular flexibility index (Phi) is 6.75. The Morgan fingerprint density at radius 1 is 1.26 bits per heavy atom. The van der Waals surface area contributed by atoms with Gasteiger partial charge in [-0.05, 0) is 36.6 Å². The smallest absolute Gasteiger partial charge is 0.326 e. The molecule has 0 spiro atoms. The monoisotopic (exact) mass is 340 g/mol. The zero-order chi connectivity index (χ0) is 17.6. The summed E-state index contributed by atoms with van der Waals surface area (Å²) in [5.41, 5.74) is -0.0164. The van der Waals surface area contributed by atoms with Crippen molar-refractivity contribution in [3.8, 4) is 0 Å². The first-order valence-corrected chi connectivity index (χ1v) is 8.35. The summed E-state index contributed by atoms with van der Waals surface area (Å²) in [7, 11) is 0. The van der Waals surface area contributed by atoms with Crippen LogP contribution in [0.3, 0.4) is 0 Å². The highest BCUT2D eigenvalue weighted by Gasteiger charge is 2.25. The average molecular weight is 340 g/mol. The van der Waals surface area contributed by atoms with Gasteiger partial charge >= 0.3 is 5.97 Å². The molecule has 0 aliphatic rings. The van der Waals surface area contributed by atoms with E-state index < -0.39 is 24.0 Å². The lowest BCUT2D eigenvalue weighted by Gasteiger charge is -2.23. The van der Waals surface area contributed by atoms with Gasteiger partial charge in [0.25, 0.3) is 5.91 Å². The average Bonchev–Trinajstić information content (AvgIpc) is 2.95. The molecule has 0 aromatic carbocycles. The highest BCUT2D eigenvalue weighted by atomic mass is 32.1. The SMILES string of the molecule is CC(NC(=O)c1cccs1)C(=O)NC(CCC(C)(C)C)C(=O)O. The summed E-state index contributed by atoms with van der Waals surface area (Å²) in [6.45, 7) is 7.57. The van der Waals surface area contributed by atoms with Crippen molar-refractivity contribution in [2.75, 3.05) is 0 Å². The molecule has 1 aromatic rings. The van der Waals surface area contributed by atoms with Crippen LogP contribution in [0.25, 0.3) is 0 Å². The standard InChI is InChI=1S/C16H24N2O4S/c1-10(17-14(20)12-6-5-9-23-12)13(19)18-11(15(21)22)7-8-16(2,3)4/h5-6,9-11H,7-8H2,1-4H3,(H,17,20)(H,18,19)(H,21,22). The second-order valence-corrected chi connectivity index (χ2v) is 7.62. The van der Waals surface area contributed by atoms with Crippen molar-refractivity contribution in [1.82, 2.24) is 10.6 Å². The minimum absolute atomic E-state index is 0.0164. The van der Waals surface area contributed by atoms with Crippen molar-refractivity contribution in [3.63, 3.8) is 0 Å². The summed E-state index contributed by atoms with van der Waals surface area (Å²) < 4.78 is 0. The molecule has 3 N–H and O–H groups in total. The summed E-state index contributed by atoms with van der Waals surface area (Å²) in [6.07, 6.45) is 1.01. The normalized spacial score (nSPS) is 13.9. The van der Waals surface area contributed by atoms with E-state index in [1.807, 2.05) is 20.8 Å². The molecule has 0 aliphatic heterocycles. The predicted octanol–water partition coefficient (Wildman–Crippen LogP) is 2.26. The van der Waals surface area contributed by atoms with Crippen molar-refractivity contribution < 1.29 is 19.5 Å². The number of carboxylic acid groups (broad SMARTS) is 1. The first-order chi connectivity index (χ1) is 10.6. The van der Waals surface area contributed by atoms with E-state index in [2.05, 4.69) is 10.6 Å². The maximum absolute atomic E-state index is 12.1. The van der Waals surface area contributed by atoms with Gasteiger partial charge in [0.2, 0.25) is 5.91 Å². The Labute approximate surface area is 140 Å². The van der Waals surface area contributed by atoms with Crippen molar-refractivity contribution >= 4 is 29.1 Å². The number of hydrogen-bond acceptors (Lipinski definition) is 4. The van der Waals surface area contributed by atoms with Crippen molar-refractivity contribution in [1.29, 1.82) is 0 Å². The van der Waals surface area contributed by atoms with Crippen LogP contribution in [0.5, 0.6) is 0 Å². The number of aliphatic carboxylic acids is 1. The molecule has 0 saturated carbocycles. The Bertz CT molecular complexity index is 549. The third-order valence-electron chi connectivity index (χ3n) is 3.28. The summed E-state index contributed by atoms with van der Waals surface area (Å²) in [5, 5.41) is 16.1. The maximum atomic E-state index is 12.1. The topological polar surface area (TPSA) is 95.5 Å². The van der Waals surface area contributed by atoms with E-state index in [0.29, 0.717) is 17.7 Å². The van der Waals surface area contributed by atoms with Crippen LogP contribution in [0.15, 0.2) is 17.5 Å². The third kappa shape index (κ3) is 6.81. The van der Waals surface area contributed by atoms with Crippen LogP contribution in [0, 0.1) is 5.41 Å². The van der Waals surface area contributed by atoms with Gasteiger partial charge in [-0.25, -0.2) is 4.79 Å². The summed E-state index contributed by atoms with van der Waals surface area (Å²) in [4.78, 5) is 35.8. The number of carboxylic acids is 1. The molecular weight excluding hydrogens is 316 g/mol. The van der Waals surface area contributed by atoms with Crippen LogP contribution in [0.1, 0.15) is 50.2 Å². The molecule has 1 heterocycles. The largest absolute Gasteiger partial charge is 0.480 e. The van der Waals surface area contributed by atoms with Gasteiger partial charge in [-0.1, -0.05) is 26.8 Å². The van der Waals surface area contributed by atoms with Crippen LogP contribution in [0.2, 0.25) is 0 Å². The Hall–Kier alpha value is -1.89. The molecule has 2 unspecified atom stereocenters. The molecule has 2 amide bonds. The fourth-order valence-corrected chi connectivity index (χ4v) is 2.50. The van der Waals surface area contributed by atoms with Gasteiger partial charge in [-0.15, -0.1) is 11.3 Å². The van der Waals surface area contributed by atoms with Gasteiger partial charge in [-0.3, -0.25) is 9.59 Å². The quantitative estimate of drug-likeness (QED) is 0.709. The molecule has 1 rings (SSSR count). The Balaban J connectivity index is 2.56. The third-order valence-corrected chi connectivity index (χ3v) is 4.15. The lowest BCUT2D eigenvalue weighted by molar-refractivity contribution is -0.142. The fourth-order valence-electron chi connectivity index (χ4n) is 1.87. The van der Waals surface area contributed by atoms with E-state index in [4.69, 9.17) is 0 Å². The van der Waals surface area contributed by atoms with Gasteiger partial charge in [-0.2, -0.15) is 0 Å². The fraction of sp³-hybridized carbons (Fsp3) is 0.562. The molecule has 2 atom stereocenters. The Morgan fingerprint density at radius 3 is 2.39 bits per heavy atom. The molecule has 0 saturated heterocycles. The molecule has 0 fully saturated rings. The molecular formula is C16H24N2O4S. The predicted molar refractivity (Wildman–Crippen MR) is 89.5 cm³/mol. The number of rotatable bonds is 7. The number of carbonyl (C=O) groups excluding carboxylic acids is 2. The number of nitrogens with one attached hydrogen (secondary N) is 2. The maximum Gasteiger partial charge on any atom is 0.326 e. The Morgan fingerprint density at radius 2 is 1.91 bits per heavy atom. The molecule has 7 heteroatoms. The van der Waals surface area contributed by atoms with Gasteiger partial charge in [0, 0.05) is 0 Å². The van der Waals surface area contributed by atoms with E-state index in [9.17, 15) is 19.5 Å². The lowest BCUT2D eigenvalue weighted by atomic mass is 9.88. The van der Waals surface area contributed by atoms with E-state index in [-0.39, 0.29) is 11.3 Å². The second kappa shape index (κ2) is 8.10. The van der Waals surface area contributed by atoms with Crippen LogP contribution in [-0.4, -0.2) is 35.0 Å². The number of amides is 2. The van der Waals surface area contributed by atoms with Crippen LogP contribution in [0.4, 0.5) is 0 Å². The number of hydrogen-bond donors (Lipinski definition) is 3. The molecule has 1 aromatic heterocycles. The zero-order valence-corrected chi connectivity index (χ0v) is 14.7. The lowest BCUT2D eigenvalue weighted by Crippen LogP contribution is -2.50. The van der Waals surface area contributed by atoms with Gasteiger partial charge in [0.05, 0.1) is 4.88 Å². The molecule has 0 bridgehead atoms. The zero-order valence-electron chi connectivity index (χ0n) is 13.9. The van der Waals surface area contributed by atoms with Gasteiger partial charge in [0.1, 0.15) is 12.1 Å². The van der Waals surface area contributed by atoms with E-state index in [0.717, 1.165) is 0 Å². The molecule has 23 heavy (non-hydrogen) atoms. The molecule has 0 aliphatic carbocycles. The minimum atomic E-state index is -1.07. The molecule has 128 valence electrons. The molecule has 0 radical (unpaired) electrons. The van der Waals surface area contributed by atoms with Gasteiger partial charge < -0.3 is 15.7 Å². The first kappa shape index (κ1) is 19.2. The highest BCUT2D eigenvalue weighted by Crippen LogP contribution is 2.21. The number of carbonyl (C=O) groups is 3. The van der Waals surface area contributed by atoms with Crippen molar-refractivity contribution in [3.05, 3.63) is 22.4 Å². The van der Waals surface area contributed by atoms with Crippen molar-refractivity contribution in [2.45, 2.75) is 52.6 Å². The summed E-state index contributed by atoms with van der Waals surface area (Å²) >= 11 is 1.28. The minimum Gasteiger partial charge on any atom is -0.480 e. The van der Waals surface area contributed by atoms with Crippen LogP contribution < -0.4 is 10.6 Å². The van der Waals surface area contributed by atoms with Gasteiger partial charge in [0.15, 0.2) is 0 Å².